The average Bonchev–Trinajstić information content (AvgIpc) is 2.48. The number of rotatable bonds is 5. The molecule has 1 fully saturated rings. The third kappa shape index (κ3) is 3.46. The lowest BCUT2D eigenvalue weighted by molar-refractivity contribution is -0.897. The van der Waals surface area contributed by atoms with Crippen LogP contribution in [0, 0.1) is 10.1 Å². The van der Waals surface area contributed by atoms with Gasteiger partial charge in [0.05, 0.1) is 42.5 Å². The van der Waals surface area contributed by atoms with Crippen LogP contribution in [0.15, 0.2) is 41.8 Å². The van der Waals surface area contributed by atoms with Crippen molar-refractivity contribution >= 4 is 15.7 Å². The molecule has 0 saturated carbocycles. The second-order valence-electron chi connectivity index (χ2n) is 4.90. The molecule has 0 radical (unpaired) electrons. The molecule has 0 aliphatic carbocycles. The van der Waals surface area contributed by atoms with E-state index in [0.29, 0.717) is 13.1 Å². The Morgan fingerprint density at radius 1 is 1.29 bits per heavy atom. The fourth-order valence-electron chi connectivity index (χ4n) is 2.34. The van der Waals surface area contributed by atoms with E-state index in [0.717, 1.165) is 19.6 Å². The number of sulfonamides is 1. The van der Waals surface area contributed by atoms with Gasteiger partial charge in [-0.25, -0.2) is 8.42 Å². The van der Waals surface area contributed by atoms with Crippen molar-refractivity contribution in [1.29, 1.82) is 0 Å². The zero-order valence-electron chi connectivity index (χ0n) is 11.6. The summed E-state index contributed by atoms with van der Waals surface area (Å²) in [7, 11) is -3.57. The maximum atomic E-state index is 12.5. The topological polar surface area (TPSA) is 85.0 Å². The number of nitro benzene ring substituents is 1. The van der Waals surface area contributed by atoms with E-state index < -0.39 is 14.9 Å². The molecule has 0 amide bonds. The molecule has 0 spiro atoms. The highest BCUT2D eigenvalue weighted by atomic mass is 32.2. The van der Waals surface area contributed by atoms with Gasteiger partial charge < -0.3 is 4.90 Å². The fourth-order valence-corrected chi connectivity index (χ4v) is 3.78. The molecule has 0 atom stereocenters. The number of hydrogen-bond donors (Lipinski definition) is 1. The van der Waals surface area contributed by atoms with Gasteiger partial charge >= 0.3 is 0 Å². The van der Waals surface area contributed by atoms with Crippen molar-refractivity contribution in [2.45, 2.75) is 4.90 Å². The SMILES string of the molecule is C=CC[NH+]1CCN(S(=O)(=O)c2ccc([N+](=O)[O-])cc2)CC1. The van der Waals surface area contributed by atoms with Crippen molar-refractivity contribution in [3.63, 3.8) is 0 Å². The molecule has 2 rings (SSSR count). The van der Waals surface area contributed by atoms with Gasteiger partial charge in [-0.05, 0) is 18.2 Å². The second kappa shape index (κ2) is 6.33. The molecule has 1 saturated heterocycles. The van der Waals surface area contributed by atoms with Gasteiger partial charge in [-0.2, -0.15) is 4.31 Å². The van der Waals surface area contributed by atoms with Crippen molar-refractivity contribution in [2.24, 2.45) is 0 Å². The summed E-state index contributed by atoms with van der Waals surface area (Å²) in [4.78, 5) is 11.5. The molecular formula is C13H18N3O4S+. The van der Waals surface area contributed by atoms with Gasteiger partial charge in [0.1, 0.15) is 0 Å². The lowest BCUT2D eigenvalue weighted by Crippen LogP contribution is -3.14. The first kappa shape index (κ1) is 15.6. The lowest BCUT2D eigenvalue weighted by Gasteiger charge is -2.30. The van der Waals surface area contributed by atoms with Crippen LogP contribution in [0.1, 0.15) is 0 Å². The zero-order chi connectivity index (χ0) is 15.5. The maximum absolute atomic E-state index is 12.5. The van der Waals surface area contributed by atoms with Crippen LogP contribution < -0.4 is 4.90 Å². The zero-order valence-corrected chi connectivity index (χ0v) is 12.4. The Hall–Kier alpha value is -1.77. The van der Waals surface area contributed by atoms with E-state index in [1.165, 1.54) is 33.5 Å². The van der Waals surface area contributed by atoms with Crippen LogP contribution in [0.2, 0.25) is 0 Å². The van der Waals surface area contributed by atoms with Gasteiger partial charge in [0, 0.05) is 12.1 Å². The van der Waals surface area contributed by atoms with Gasteiger partial charge in [-0.3, -0.25) is 10.1 Å². The second-order valence-corrected chi connectivity index (χ2v) is 6.84. The average molecular weight is 312 g/mol. The third-order valence-electron chi connectivity index (χ3n) is 3.55. The molecule has 0 unspecified atom stereocenters. The Morgan fingerprint density at radius 3 is 2.33 bits per heavy atom. The van der Waals surface area contributed by atoms with Crippen molar-refractivity contribution < 1.29 is 18.2 Å². The van der Waals surface area contributed by atoms with Crippen LogP contribution >= 0.6 is 0 Å². The number of non-ortho nitro benzene ring substituents is 1. The minimum atomic E-state index is -3.57. The third-order valence-corrected chi connectivity index (χ3v) is 5.46. The fraction of sp³-hybridized carbons (Fsp3) is 0.385. The number of hydrogen-bond acceptors (Lipinski definition) is 4. The molecule has 0 bridgehead atoms. The molecule has 1 aliphatic heterocycles. The number of benzene rings is 1. The smallest absolute Gasteiger partial charge is 0.269 e. The van der Waals surface area contributed by atoms with Crippen LogP contribution in [-0.2, 0) is 10.0 Å². The molecule has 1 aromatic rings. The van der Waals surface area contributed by atoms with Gasteiger partial charge in [-0.15, -0.1) is 0 Å². The number of nitro groups is 1. The van der Waals surface area contributed by atoms with Crippen molar-refractivity contribution in [1.82, 2.24) is 4.31 Å². The Labute approximate surface area is 123 Å². The van der Waals surface area contributed by atoms with E-state index in [9.17, 15) is 18.5 Å². The highest BCUT2D eigenvalue weighted by Crippen LogP contribution is 2.19. The van der Waals surface area contributed by atoms with E-state index in [1.807, 2.05) is 6.08 Å². The van der Waals surface area contributed by atoms with Gasteiger partial charge in [-0.1, -0.05) is 6.58 Å². The molecule has 1 N–H and O–H groups in total. The Balaban J connectivity index is 2.11. The summed E-state index contributed by atoms with van der Waals surface area (Å²) >= 11 is 0. The summed E-state index contributed by atoms with van der Waals surface area (Å²) in [5.41, 5.74) is -0.116. The lowest BCUT2D eigenvalue weighted by atomic mass is 10.3. The number of piperazine rings is 1. The molecule has 7 nitrogen and oxygen atoms in total. The maximum Gasteiger partial charge on any atom is 0.269 e. The van der Waals surface area contributed by atoms with Crippen LogP contribution in [0.25, 0.3) is 0 Å². The first-order valence-electron chi connectivity index (χ1n) is 6.64. The van der Waals surface area contributed by atoms with E-state index in [-0.39, 0.29) is 10.6 Å². The van der Waals surface area contributed by atoms with Crippen molar-refractivity contribution in [3.05, 3.63) is 47.0 Å². The van der Waals surface area contributed by atoms with E-state index in [1.54, 1.807) is 0 Å². The summed E-state index contributed by atoms with van der Waals surface area (Å²) in [6.07, 6.45) is 1.83. The standard InChI is InChI=1S/C13H17N3O4S/c1-2-7-14-8-10-15(11-9-14)21(19,20)13-5-3-12(4-6-13)16(17)18/h2-6H,1,7-11H2/p+1. The Morgan fingerprint density at radius 2 is 1.86 bits per heavy atom. The van der Waals surface area contributed by atoms with Gasteiger partial charge in [0.25, 0.3) is 5.69 Å². The minimum absolute atomic E-state index is 0.0975. The Kier molecular flexibility index (Phi) is 4.71. The summed E-state index contributed by atoms with van der Waals surface area (Å²) < 4.78 is 26.4. The van der Waals surface area contributed by atoms with E-state index >= 15 is 0 Å². The minimum Gasteiger partial charge on any atom is -0.330 e. The molecule has 1 aromatic carbocycles. The van der Waals surface area contributed by atoms with Crippen LogP contribution in [-0.4, -0.2) is 50.4 Å². The highest BCUT2D eigenvalue weighted by molar-refractivity contribution is 7.89. The Bertz CT molecular complexity index is 619. The summed E-state index contributed by atoms with van der Waals surface area (Å²) in [5, 5.41) is 10.6. The number of nitrogens with zero attached hydrogens (tertiary/aromatic N) is 2. The van der Waals surface area contributed by atoms with Gasteiger partial charge in [0.2, 0.25) is 10.0 Å². The number of quaternary nitrogens is 1. The highest BCUT2D eigenvalue weighted by Gasteiger charge is 2.30. The van der Waals surface area contributed by atoms with Crippen molar-refractivity contribution in [3.8, 4) is 0 Å². The molecular weight excluding hydrogens is 294 g/mol. The molecule has 0 aromatic heterocycles. The predicted octanol–water partition coefficient (Wildman–Crippen LogP) is -0.330. The summed E-state index contributed by atoms with van der Waals surface area (Å²) in [6, 6.07) is 5.01. The molecule has 114 valence electrons. The van der Waals surface area contributed by atoms with Gasteiger partial charge in [0.15, 0.2) is 0 Å². The summed E-state index contributed by atoms with van der Waals surface area (Å²) in [6.45, 7) is 6.87. The first-order chi connectivity index (χ1) is 9.95. The van der Waals surface area contributed by atoms with E-state index in [4.69, 9.17) is 0 Å². The normalized spacial score (nSPS) is 17.5. The summed E-state index contributed by atoms with van der Waals surface area (Å²) in [5.74, 6) is 0. The van der Waals surface area contributed by atoms with Crippen molar-refractivity contribution in [2.75, 3.05) is 32.7 Å². The molecule has 1 heterocycles. The van der Waals surface area contributed by atoms with E-state index in [2.05, 4.69) is 6.58 Å². The molecule has 21 heavy (non-hydrogen) atoms. The molecule has 8 heteroatoms. The predicted molar refractivity (Wildman–Crippen MR) is 77.6 cm³/mol. The number of nitrogens with one attached hydrogen (secondary N) is 1. The van der Waals surface area contributed by atoms with Crippen LogP contribution in [0.4, 0.5) is 5.69 Å². The largest absolute Gasteiger partial charge is 0.330 e. The quantitative estimate of drug-likeness (QED) is 0.458. The first-order valence-corrected chi connectivity index (χ1v) is 8.08. The molecule has 1 aliphatic rings. The van der Waals surface area contributed by atoms with Crippen LogP contribution in [0.3, 0.4) is 0 Å². The van der Waals surface area contributed by atoms with Crippen LogP contribution in [0.5, 0.6) is 0 Å². The monoisotopic (exact) mass is 312 g/mol.